The van der Waals surface area contributed by atoms with E-state index in [0.29, 0.717) is 5.82 Å². The molecule has 1 fully saturated rings. The molecular weight excluding hydrogens is 231 g/mol. The van der Waals surface area contributed by atoms with Crippen LogP contribution < -0.4 is 5.32 Å². The molecule has 0 bridgehead atoms. The number of hydrogen-bond acceptors (Lipinski definition) is 3. The van der Waals surface area contributed by atoms with Crippen LogP contribution >= 0.6 is 0 Å². The fraction of sp³-hybridized carbons (Fsp3) is 0.636. The van der Waals surface area contributed by atoms with E-state index in [1.54, 1.807) is 0 Å². The molecule has 1 aliphatic carbocycles. The number of alkyl halides is 3. The highest BCUT2D eigenvalue weighted by Crippen LogP contribution is 2.29. The minimum Gasteiger partial charge on any atom is -0.369 e. The van der Waals surface area contributed by atoms with Gasteiger partial charge in [0.05, 0.1) is 0 Å². The molecule has 0 saturated heterocycles. The van der Waals surface area contributed by atoms with Gasteiger partial charge in [0.2, 0.25) is 0 Å². The van der Waals surface area contributed by atoms with E-state index in [2.05, 4.69) is 15.5 Å². The molecular formula is C11H14F3N3. The van der Waals surface area contributed by atoms with Crippen molar-refractivity contribution in [2.45, 2.75) is 31.9 Å². The van der Waals surface area contributed by atoms with Gasteiger partial charge in [0.25, 0.3) is 0 Å². The highest BCUT2D eigenvalue weighted by Gasteiger charge is 2.32. The largest absolute Gasteiger partial charge is 0.435 e. The van der Waals surface area contributed by atoms with Crippen molar-refractivity contribution in [3.63, 3.8) is 0 Å². The van der Waals surface area contributed by atoms with Crippen molar-refractivity contribution in [1.82, 2.24) is 10.2 Å². The van der Waals surface area contributed by atoms with Crippen LogP contribution in [0, 0.1) is 5.92 Å². The van der Waals surface area contributed by atoms with Crippen molar-refractivity contribution in [2.24, 2.45) is 5.92 Å². The molecule has 1 aromatic heterocycles. The lowest BCUT2D eigenvalue weighted by atomic mass is 9.83. The molecule has 0 spiro atoms. The van der Waals surface area contributed by atoms with Crippen LogP contribution in [-0.4, -0.2) is 16.7 Å². The van der Waals surface area contributed by atoms with Crippen molar-refractivity contribution in [3.8, 4) is 0 Å². The van der Waals surface area contributed by atoms with Crippen LogP contribution in [0.3, 0.4) is 0 Å². The van der Waals surface area contributed by atoms with Crippen molar-refractivity contribution in [2.75, 3.05) is 11.9 Å². The van der Waals surface area contributed by atoms with Gasteiger partial charge in [0, 0.05) is 6.54 Å². The van der Waals surface area contributed by atoms with Gasteiger partial charge in [0.15, 0.2) is 5.69 Å². The Kier molecular flexibility index (Phi) is 3.49. The molecule has 94 valence electrons. The molecule has 2 rings (SSSR count). The summed E-state index contributed by atoms with van der Waals surface area (Å²) in [6.45, 7) is 0.741. The van der Waals surface area contributed by atoms with Gasteiger partial charge in [-0.25, -0.2) is 0 Å². The minimum atomic E-state index is -4.42. The Hall–Kier alpha value is -1.33. The van der Waals surface area contributed by atoms with Gasteiger partial charge in [-0.15, -0.1) is 10.2 Å². The molecule has 0 unspecified atom stereocenters. The predicted molar refractivity (Wildman–Crippen MR) is 57.5 cm³/mol. The van der Waals surface area contributed by atoms with Crippen molar-refractivity contribution in [3.05, 3.63) is 17.8 Å². The topological polar surface area (TPSA) is 37.8 Å². The van der Waals surface area contributed by atoms with E-state index in [1.807, 2.05) is 0 Å². The van der Waals surface area contributed by atoms with Crippen LogP contribution in [0.25, 0.3) is 0 Å². The summed E-state index contributed by atoms with van der Waals surface area (Å²) in [7, 11) is 0. The first kappa shape index (κ1) is 12.1. The number of hydrogen-bond donors (Lipinski definition) is 1. The number of aromatic nitrogens is 2. The van der Waals surface area contributed by atoms with Crippen LogP contribution in [-0.2, 0) is 6.18 Å². The van der Waals surface area contributed by atoms with Crippen LogP contribution in [0.15, 0.2) is 12.1 Å². The molecule has 0 aliphatic heterocycles. The van der Waals surface area contributed by atoms with Gasteiger partial charge in [-0.1, -0.05) is 19.3 Å². The first-order valence-electron chi connectivity index (χ1n) is 5.70. The molecule has 3 nitrogen and oxygen atoms in total. The van der Waals surface area contributed by atoms with E-state index in [-0.39, 0.29) is 0 Å². The summed E-state index contributed by atoms with van der Waals surface area (Å²) in [6, 6.07) is 2.26. The summed E-state index contributed by atoms with van der Waals surface area (Å²) in [4.78, 5) is 0. The monoisotopic (exact) mass is 245 g/mol. The van der Waals surface area contributed by atoms with Gasteiger partial charge < -0.3 is 5.32 Å². The van der Waals surface area contributed by atoms with Crippen molar-refractivity contribution >= 4 is 5.82 Å². The maximum Gasteiger partial charge on any atom is 0.435 e. The lowest BCUT2D eigenvalue weighted by Gasteiger charge is -2.25. The smallest absolute Gasteiger partial charge is 0.369 e. The Bertz CT molecular complexity index is 357. The molecule has 1 saturated carbocycles. The zero-order valence-corrected chi connectivity index (χ0v) is 9.30. The third-order valence-electron chi connectivity index (χ3n) is 3.04. The van der Waals surface area contributed by atoms with E-state index in [0.717, 1.165) is 24.9 Å². The lowest BCUT2D eigenvalue weighted by Crippen LogP contribution is -2.16. The molecule has 0 radical (unpaired) electrons. The van der Waals surface area contributed by atoms with Crippen LogP contribution in [0.5, 0.6) is 0 Å². The second-order valence-electron chi connectivity index (χ2n) is 4.31. The minimum absolute atomic E-state index is 0.400. The summed E-state index contributed by atoms with van der Waals surface area (Å²) >= 11 is 0. The molecule has 1 N–H and O–H groups in total. The molecule has 1 heterocycles. The summed E-state index contributed by atoms with van der Waals surface area (Å²) in [5.74, 6) is 1.17. The first-order chi connectivity index (χ1) is 8.05. The van der Waals surface area contributed by atoms with E-state index < -0.39 is 11.9 Å². The average molecular weight is 245 g/mol. The second kappa shape index (κ2) is 4.89. The standard InChI is InChI=1S/C11H14F3N3/c12-11(13,14)9-4-5-10(17-16-9)15-7-6-8-2-1-3-8/h4-5,8H,1-3,6-7H2,(H,15,17). The van der Waals surface area contributed by atoms with E-state index in [4.69, 9.17) is 0 Å². The Morgan fingerprint density at radius 3 is 2.47 bits per heavy atom. The van der Waals surface area contributed by atoms with Gasteiger partial charge in [0.1, 0.15) is 5.82 Å². The molecule has 0 atom stereocenters. The quantitative estimate of drug-likeness (QED) is 0.885. The molecule has 6 heteroatoms. The molecule has 1 aromatic rings. The zero-order chi connectivity index (χ0) is 12.3. The Morgan fingerprint density at radius 1 is 1.24 bits per heavy atom. The molecule has 1 aliphatic rings. The Labute approximate surface area is 97.4 Å². The molecule has 0 aromatic carbocycles. The third kappa shape index (κ3) is 3.31. The molecule has 0 amide bonds. The van der Waals surface area contributed by atoms with Gasteiger partial charge >= 0.3 is 6.18 Å². The first-order valence-corrected chi connectivity index (χ1v) is 5.70. The third-order valence-corrected chi connectivity index (χ3v) is 3.04. The SMILES string of the molecule is FC(F)(F)c1ccc(NCCC2CCC2)nn1. The van der Waals surface area contributed by atoms with E-state index in [1.165, 1.54) is 25.3 Å². The fourth-order valence-corrected chi connectivity index (χ4v) is 1.76. The summed E-state index contributed by atoms with van der Waals surface area (Å²) in [5.41, 5.74) is -0.956. The lowest BCUT2D eigenvalue weighted by molar-refractivity contribution is -0.141. The van der Waals surface area contributed by atoms with Crippen molar-refractivity contribution < 1.29 is 13.2 Å². The highest BCUT2D eigenvalue weighted by molar-refractivity contribution is 5.33. The number of nitrogens with one attached hydrogen (secondary N) is 1. The Morgan fingerprint density at radius 2 is 2.00 bits per heavy atom. The number of rotatable bonds is 4. The number of halogens is 3. The highest BCUT2D eigenvalue weighted by atomic mass is 19.4. The van der Waals surface area contributed by atoms with Gasteiger partial charge in [-0.05, 0) is 24.5 Å². The zero-order valence-electron chi connectivity index (χ0n) is 9.30. The van der Waals surface area contributed by atoms with E-state index in [9.17, 15) is 13.2 Å². The Balaban J connectivity index is 1.81. The summed E-state index contributed by atoms with van der Waals surface area (Å²) in [6.07, 6.45) is 0.450. The fourth-order valence-electron chi connectivity index (χ4n) is 1.76. The second-order valence-corrected chi connectivity index (χ2v) is 4.31. The summed E-state index contributed by atoms with van der Waals surface area (Å²) < 4.78 is 36.6. The predicted octanol–water partition coefficient (Wildman–Crippen LogP) is 3.10. The molecule has 17 heavy (non-hydrogen) atoms. The average Bonchev–Trinajstić information content (AvgIpc) is 2.21. The van der Waals surface area contributed by atoms with Gasteiger partial charge in [-0.3, -0.25) is 0 Å². The number of nitrogens with zero attached hydrogens (tertiary/aromatic N) is 2. The van der Waals surface area contributed by atoms with Crippen LogP contribution in [0.1, 0.15) is 31.4 Å². The normalized spacial score (nSPS) is 16.6. The maximum absolute atomic E-state index is 12.2. The number of anilines is 1. The van der Waals surface area contributed by atoms with Crippen molar-refractivity contribution in [1.29, 1.82) is 0 Å². The van der Waals surface area contributed by atoms with Crippen LogP contribution in [0.4, 0.5) is 19.0 Å². The van der Waals surface area contributed by atoms with E-state index >= 15 is 0 Å². The summed E-state index contributed by atoms with van der Waals surface area (Å²) in [5, 5.41) is 9.63. The van der Waals surface area contributed by atoms with Crippen LogP contribution in [0.2, 0.25) is 0 Å². The maximum atomic E-state index is 12.2. The van der Waals surface area contributed by atoms with Gasteiger partial charge in [-0.2, -0.15) is 13.2 Å².